The van der Waals surface area contributed by atoms with Crippen molar-refractivity contribution in [3.05, 3.63) is 23.8 Å². The smallest absolute Gasteiger partial charge is 0.243 e. The van der Waals surface area contributed by atoms with Gasteiger partial charge in [-0.3, -0.25) is 9.69 Å². The van der Waals surface area contributed by atoms with Crippen molar-refractivity contribution < 1.29 is 17.9 Å². The standard InChI is InChI=1S/C24H38N4O4S/c1-24(2)21-18-20(6-7-22(21)26(4)23(24)29)33(30,31)28-12-8-19(9-13-28)25(3)10-5-11-27-14-16-32-17-15-27/h6-7,18-19H,5,8-17H2,1-4H3. The highest BCUT2D eigenvalue weighted by molar-refractivity contribution is 7.89. The van der Waals surface area contributed by atoms with E-state index in [1.165, 1.54) is 0 Å². The third kappa shape index (κ3) is 4.84. The maximum atomic E-state index is 13.4. The fourth-order valence-electron chi connectivity index (χ4n) is 5.34. The van der Waals surface area contributed by atoms with Gasteiger partial charge in [0.05, 0.1) is 23.5 Å². The summed E-state index contributed by atoms with van der Waals surface area (Å²) in [4.78, 5) is 19.3. The highest BCUT2D eigenvalue weighted by Gasteiger charge is 2.43. The Bertz CT molecular complexity index is 967. The van der Waals surface area contributed by atoms with Gasteiger partial charge in [0.2, 0.25) is 15.9 Å². The molecular weight excluding hydrogens is 440 g/mol. The molecule has 33 heavy (non-hydrogen) atoms. The molecule has 184 valence electrons. The number of anilines is 1. The molecule has 1 aromatic rings. The number of morpholine rings is 1. The Kier molecular flexibility index (Phi) is 7.17. The van der Waals surface area contributed by atoms with Crippen LogP contribution in [0.2, 0.25) is 0 Å². The zero-order chi connectivity index (χ0) is 23.8. The Balaban J connectivity index is 1.34. The first kappa shape index (κ1) is 24.6. The summed E-state index contributed by atoms with van der Waals surface area (Å²) in [5.41, 5.74) is 0.860. The molecule has 0 bridgehead atoms. The quantitative estimate of drug-likeness (QED) is 0.595. The van der Waals surface area contributed by atoms with Crippen LogP contribution in [0, 0.1) is 0 Å². The van der Waals surface area contributed by atoms with Gasteiger partial charge in [-0.15, -0.1) is 0 Å². The number of amides is 1. The number of likely N-dealkylation sites (N-methyl/N-ethyl adjacent to an activating group) is 1. The molecule has 2 saturated heterocycles. The van der Waals surface area contributed by atoms with Crippen molar-refractivity contribution in [1.82, 2.24) is 14.1 Å². The molecule has 0 aromatic heterocycles. The number of ether oxygens (including phenoxy) is 1. The van der Waals surface area contributed by atoms with Crippen LogP contribution in [0.15, 0.2) is 23.1 Å². The van der Waals surface area contributed by atoms with Crippen molar-refractivity contribution in [2.45, 2.75) is 49.5 Å². The normalized spacial score (nSPS) is 22.8. The third-order valence-electron chi connectivity index (χ3n) is 7.62. The van der Waals surface area contributed by atoms with Crippen molar-refractivity contribution in [1.29, 1.82) is 0 Å². The van der Waals surface area contributed by atoms with Gasteiger partial charge in [0.25, 0.3) is 0 Å². The second kappa shape index (κ2) is 9.62. The molecule has 0 radical (unpaired) electrons. The highest BCUT2D eigenvalue weighted by atomic mass is 32.2. The number of rotatable bonds is 7. The number of carbonyl (C=O) groups is 1. The molecule has 0 spiro atoms. The van der Waals surface area contributed by atoms with Gasteiger partial charge in [-0.05, 0) is 77.0 Å². The van der Waals surface area contributed by atoms with E-state index in [1.54, 1.807) is 34.5 Å². The monoisotopic (exact) mass is 478 g/mol. The van der Waals surface area contributed by atoms with Crippen LogP contribution in [0.5, 0.6) is 0 Å². The number of carbonyl (C=O) groups excluding carboxylic acids is 1. The lowest BCUT2D eigenvalue weighted by Crippen LogP contribution is -2.46. The van der Waals surface area contributed by atoms with Crippen molar-refractivity contribution in [3.8, 4) is 0 Å². The summed E-state index contributed by atoms with van der Waals surface area (Å²) in [6.45, 7) is 10.6. The summed E-state index contributed by atoms with van der Waals surface area (Å²) in [7, 11) is 0.316. The zero-order valence-electron chi connectivity index (χ0n) is 20.4. The number of fused-ring (bicyclic) bond motifs is 1. The van der Waals surface area contributed by atoms with E-state index in [0.717, 1.165) is 69.9 Å². The first-order valence-corrected chi connectivity index (χ1v) is 13.5. The van der Waals surface area contributed by atoms with Gasteiger partial charge in [0, 0.05) is 45.0 Å². The second-order valence-corrected chi connectivity index (χ2v) is 12.0. The average Bonchev–Trinajstić information content (AvgIpc) is 2.99. The van der Waals surface area contributed by atoms with Crippen LogP contribution in [-0.4, -0.2) is 101 Å². The Labute approximate surface area is 198 Å². The van der Waals surface area contributed by atoms with Crippen molar-refractivity contribution in [2.75, 3.05) is 71.5 Å². The van der Waals surface area contributed by atoms with E-state index in [4.69, 9.17) is 4.74 Å². The Morgan fingerprint density at radius 3 is 2.45 bits per heavy atom. The zero-order valence-corrected chi connectivity index (χ0v) is 21.2. The maximum Gasteiger partial charge on any atom is 0.243 e. The fraction of sp³-hybridized carbons (Fsp3) is 0.708. The number of benzene rings is 1. The van der Waals surface area contributed by atoms with E-state index in [-0.39, 0.29) is 10.8 Å². The summed E-state index contributed by atoms with van der Waals surface area (Å²) in [5.74, 6) is -0.00970. The van der Waals surface area contributed by atoms with Crippen LogP contribution in [-0.2, 0) is 25.0 Å². The van der Waals surface area contributed by atoms with Crippen LogP contribution in [0.25, 0.3) is 0 Å². The van der Waals surface area contributed by atoms with E-state index in [0.29, 0.717) is 19.1 Å². The number of piperidine rings is 1. The van der Waals surface area contributed by atoms with Crippen LogP contribution < -0.4 is 4.90 Å². The summed E-state index contributed by atoms with van der Waals surface area (Å²) in [6.07, 6.45) is 2.79. The number of hydrogen-bond donors (Lipinski definition) is 0. The van der Waals surface area contributed by atoms with Gasteiger partial charge in [-0.25, -0.2) is 8.42 Å². The predicted molar refractivity (Wildman–Crippen MR) is 129 cm³/mol. The fourth-order valence-corrected chi connectivity index (χ4v) is 6.83. The lowest BCUT2D eigenvalue weighted by Gasteiger charge is -2.36. The molecule has 2 fully saturated rings. The molecule has 0 aliphatic carbocycles. The van der Waals surface area contributed by atoms with Crippen molar-refractivity contribution in [2.24, 2.45) is 0 Å². The van der Waals surface area contributed by atoms with Gasteiger partial charge < -0.3 is 14.5 Å². The van der Waals surface area contributed by atoms with Gasteiger partial charge >= 0.3 is 0 Å². The van der Waals surface area contributed by atoms with Gasteiger partial charge in [-0.1, -0.05) is 0 Å². The maximum absolute atomic E-state index is 13.4. The SMILES string of the molecule is CN1C(=O)C(C)(C)c2cc(S(=O)(=O)N3CCC(N(C)CCCN4CCOCC4)CC3)ccc21. The Morgan fingerprint density at radius 2 is 1.79 bits per heavy atom. The minimum atomic E-state index is -3.58. The van der Waals surface area contributed by atoms with E-state index in [2.05, 4.69) is 16.8 Å². The summed E-state index contributed by atoms with van der Waals surface area (Å²) in [6, 6.07) is 5.52. The Hall–Kier alpha value is -1.52. The summed E-state index contributed by atoms with van der Waals surface area (Å²) >= 11 is 0. The lowest BCUT2D eigenvalue weighted by molar-refractivity contribution is -0.121. The van der Waals surface area contributed by atoms with E-state index in [1.807, 2.05) is 13.8 Å². The minimum Gasteiger partial charge on any atom is -0.379 e. The average molecular weight is 479 g/mol. The van der Waals surface area contributed by atoms with Crippen molar-refractivity contribution in [3.63, 3.8) is 0 Å². The molecule has 9 heteroatoms. The van der Waals surface area contributed by atoms with Gasteiger partial charge in [0.1, 0.15) is 0 Å². The number of nitrogens with zero attached hydrogens (tertiary/aromatic N) is 4. The van der Waals surface area contributed by atoms with Crippen LogP contribution >= 0.6 is 0 Å². The summed E-state index contributed by atoms with van der Waals surface area (Å²) in [5, 5.41) is 0. The largest absolute Gasteiger partial charge is 0.379 e. The molecule has 1 amide bonds. The topological polar surface area (TPSA) is 73.4 Å². The molecule has 0 N–H and O–H groups in total. The van der Waals surface area contributed by atoms with Crippen LogP contribution in [0.3, 0.4) is 0 Å². The van der Waals surface area contributed by atoms with E-state index >= 15 is 0 Å². The first-order chi connectivity index (χ1) is 15.6. The lowest BCUT2D eigenvalue weighted by atomic mass is 9.86. The van der Waals surface area contributed by atoms with E-state index in [9.17, 15) is 13.2 Å². The van der Waals surface area contributed by atoms with E-state index < -0.39 is 15.4 Å². The molecule has 3 heterocycles. The number of hydrogen-bond acceptors (Lipinski definition) is 6. The molecular formula is C24H38N4O4S. The number of sulfonamides is 1. The third-order valence-corrected chi connectivity index (χ3v) is 9.51. The van der Waals surface area contributed by atoms with Crippen LogP contribution in [0.1, 0.15) is 38.7 Å². The summed E-state index contributed by atoms with van der Waals surface area (Å²) < 4.78 is 33.8. The molecule has 4 rings (SSSR count). The molecule has 8 nitrogen and oxygen atoms in total. The second-order valence-electron chi connectivity index (χ2n) is 10.1. The first-order valence-electron chi connectivity index (χ1n) is 12.1. The van der Waals surface area contributed by atoms with Crippen molar-refractivity contribution >= 4 is 21.6 Å². The molecule has 0 saturated carbocycles. The minimum absolute atomic E-state index is 0.00970. The van der Waals surface area contributed by atoms with Crippen LogP contribution in [0.4, 0.5) is 5.69 Å². The molecule has 0 atom stereocenters. The van der Waals surface area contributed by atoms with Gasteiger partial charge in [-0.2, -0.15) is 4.31 Å². The molecule has 1 aromatic carbocycles. The highest BCUT2D eigenvalue weighted by Crippen LogP contribution is 2.42. The molecule has 3 aliphatic heterocycles. The van der Waals surface area contributed by atoms with Gasteiger partial charge in [0.15, 0.2) is 0 Å². The molecule has 0 unspecified atom stereocenters. The predicted octanol–water partition coefficient (Wildman–Crippen LogP) is 1.75. The molecule has 3 aliphatic rings. The Morgan fingerprint density at radius 1 is 1.12 bits per heavy atom.